The standard InChI is InChI=1S/C16H24F2O7S/c1-10-6-15(2,8-24-9-23-3)7-11-4-12(5-11)13(10)25-14(19)16(17,18)26(20,21)22/h10-11H,4-9H2,1-3H3,(H,20,21,22). The second kappa shape index (κ2) is 7.49. The molecular weight excluding hydrogens is 374 g/mol. The SMILES string of the molecule is COCOCC1(C)CC2CC(=C(OC(=O)C(F)(F)S(=O)(=O)O)C(C)C1)C2. The van der Waals surface area contributed by atoms with E-state index >= 15 is 0 Å². The number of ether oxygens (including phenoxy) is 3. The molecule has 1 N–H and O–H groups in total. The first kappa shape index (κ1) is 21.2. The molecule has 7 nitrogen and oxygen atoms in total. The fourth-order valence-electron chi connectivity index (χ4n) is 3.87. The van der Waals surface area contributed by atoms with E-state index in [1.807, 2.05) is 6.92 Å². The quantitative estimate of drug-likeness (QED) is 0.305. The van der Waals surface area contributed by atoms with Crippen molar-refractivity contribution in [2.75, 3.05) is 20.5 Å². The number of allylic oxidation sites excluding steroid dienone is 2. The molecule has 0 amide bonds. The van der Waals surface area contributed by atoms with Crippen LogP contribution in [0.15, 0.2) is 11.3 Å². The second-order valence-corrected chi connectivity index (χ2v) is 8.96. The fraction of sp³-hybridized carbons (Fsp3) is 0.812. The molecule has 1 saturated carbocycles. The Kier molecular flexibility index (Phi) is 6.11. The molecule has 0 aromatic heterocycles. The number of esters is 1. The molecule has 0 aromatic carbocycles. The highest BCUT2D eigenvalue weighted by molar-refractivity contribution is 7.87. The van der Waals surface area contributed by atoms with Crippen molar-refractivity contribution in [1.29, 1.82) is 0 Å². The fourth-order valence-corrected chi connectivity index (χ4v) is 4.12. The number of carbonyl (C=O) groups excluding carboxylic acids is 1. The summed E-state index contributed by atoms with van der Waals surface area (Å²) in [5.41, 5.74) is 0.472. The molecule has 150 valence electrons. The molecule has 0 spiro atoms. The van der Waals surface area contributed by atoms with E-state index in [-0.39, 0.29) is 23.9 Å². The van der Waals surface area contributed by atoms with Gasteiger partial charge < -0.3 is 14.2 Å². The average Bonchev–Trinajstić information content (AvgIpc) is 2.46. The van der Waals surface area contributed by atoms with Crippen molar-refractivity contribution >= 4 is 16.1 Å². The van der Waals surface area contributed by atoms with Gasteiger partial charge in [0, 0.05) is 13.0 Å². The predicted octanol–water partition coefficient (Wildman–Crippen LogP) is 2.73. The van der Waals surface area contributed by atoms with Crippen molar-refractivity contribution in [2.45, 2.75) is 44.8 Å². The molecule has 3 rings (SSSR count). The van der Waals surface area contributed by atoms with Crippen LogP contribution in [-0.2, 0) is 29.1 Å². The van der Waals surface area contributed by atoms with E-state index < -0.39 is 21.3 Å². The van der Waals surface area contributed by atoms with Crippen LogP contribution in [0.25, 0.3) is 0 Å². The van der Waals surface area contributed by atoms with Gasteiger partial charge >= 0.3 is 21.3 Å². The van der Waals surface area contributed by atoms with E-state index in [0.717, 1.165) is 12.0 Å². The molecule has 0 radical (unpaired) electrons. The number of alkyl halides is 2. The van der Waals surface area contributed by atoms with Gasteiger partial charge in [-0.1, -0.05) is 13.8 Å². The predicted molar refractivity (Wildman–Crippen MR) is 86.7 cm³/mol. The normalized spacial score (nSPS) is 29.6. The maximum atomic E-state index is 13.5. The minimum Gasteiger partial charge on any atom is -0.425 e. The summed E-state index contributed by atoms with van der Waals surface area (Å²) >= 11 is 0. The summed E-state index contributed by atoms with van der Waals surface area (Å²) in [5, 5.41) is -5.00. The second-order valence-electron chi connectivity index (χ2n) is 7.50. The van der Waals surface area contributed by atoms with E-state index in [1.54, 1.807) is 6.92 Å². The number of carbonyl (C=O) groups is 1. The smallest absolute Gasteiger partial charge is 0.425 e. The Balaban J connectivity index is 2.17. The van der Waals surface area contributed by atoms with Gasteiger partial charge in [-0.05, 0) is 42.6 Å². The summed E-state index contributed by atoms with van der Waals surface area (Å²) in [6.07, 6.45) is 2.60. The maximum Gasteiger partial charge on any atom is 0.466 e. The highest BCUT2D eigenvalue weighted by Gasteiger charge is 2.55. The average molecular weight is 398 g/mol. The van der Waals surface area contributed by atoms with E-state index in [1.165, 1.54) is 7.11 Å². The molecule has 0 saturated heterocycles. The van der Waals surface area contributed by atoms with Gasteiger partial charge in [0.05, 0.1) is 6.61 Å². The van der Waals surface area contributed by atoms with Crippen LogP contribution in [0.5, 0.6) is 0 Å². The van der Waals surface area contributed by atoms with Crippen LogP contribution in [0.1, 0.15) is 39.5 Å². The number of hydrogen-bond donors (Lipinski definition) is 1. The van der Waals surface area contributed by atoms with Gasteiger partial charge in [-0.25, -0.2) is 4.79 Å². The Morgan fingerprint density at radius 1 is 1.35 bits per heavy atom. The van der Waals surface area contributed by atoms with E-state index in [2.05, 4.69) is 0 Å². The first-order valence-electron chi connectivity index (χ1n) is 8.25. The molecule has 3 aliphatic carbocycles. The number of fused-ring (bicyclic) bond motifs is 4. The van der Waals surface area contributed by atoms with Crippen LogP contribution in [0.3, 0.4) is 0 Å². The van der Waals surface area contributed by atoms with E-state index in [0.29, 0.717) is 31.8 Å². The summed E-state index contributed by atoms with van der Waals surface area (Å²) in [6, 6.07) is 0. The molecule has 26 heavy (non-hydrogen) atoms. The van der Waals surface area contributed by atoms with Crippen LogP contribution in [0, 0.1) is 17.3 Å². The number of halogens is 2. The van der Waals surface area contributed by atoms with Crippen molar-refractivity contribution in [3.63, 3.8) is 0 Å². The molecule has 0 aliphatic heterocycles. The lowest BCUT2D eigenvalue weighted by atomic mass is 9.64. The lowest BCUT2D eigenvalue weighted by Gasteiger charge is -2.44. The van der Waals surface area contributed by atoms with Crippen LogP contribution >= 0.6 is 0 Å². The Labute approximate surface area is 151 Å². The third kappa shape index (κ3) is 4.41. The lowest BCUT2D eigenvalue weighted by Crippen LogP contribution is -2.41. The third-order valence-corrected chi connectivity index (χ3v) is 5.68. The van der Waals surface area contributed by atoms with Gasteiger partial charge in [-0.15, -0.1) is 0 Å². The Bertz CT molecular complexity index is 681. The van der Waals surface area contributed by atoms with Crippen LogP contribution in [-0.4, -0.2) is 44.7 Å². The zero-order valence-corrected chi connectivity index (χ0v) is 15.8. The zero-order chi connectivity index (χ0) is 19.8. The molecule has 0 heterocycles. The molecular formula is C16H24F2O7S. The summed E-state index contributed by atoms with van der Waals surface area (Å²) in [5.74, 6) is -2.27. The van der Waals surface area contributed by atoms with Gasteiger partial charge in [0.1, 0.15) is 12.6 Å². The Morgan fingerprint density at radius 3 is 2.50 bits per heavy atom. The van der Waals surface area contributed by atoms with Crippen LogP contribution in [0.4, 0.5) is 8.78 Å². The van der Waals surface area contributed by atoms with Gasteiger partial charge in [0.25, 0.3) is 0 Å². The van der Waals surface area contributed by atoms with Crippen LogP contribution < -0.4 is 0 Å². The first-order chi connectivity index (χ1) is 11.9. The highest BCUT2D eigenvalue weighted by atomic mass is 32.2. The summed E-state index contributed by atoms with van der Waals surface area (Å²) in [6.45, 7) is 4.28. The molecule has 0 aromatic rings. The Morgan fingerprint density at radius 2 is 1.96 bits per heavy atom. The van der Waals surface area contributed by atoms with Gasteiger partial charge in [0.15, 0.2) is 0 Å². The third-order valence-electron chi connectivity index (χ3n) is 4.86. The van der Waals surface area contributed by atoms with Crippen molar-refractivity contribution in [1.82, 2.24) is 0 Å². The van der Waals surface area contributed by atoms with Crippen molar-refractivity contribution < 1.29 is 40.8 Å². The number of methoxy groups -OCH3 is 1. The van der Waals surface area contributed by atoms with E-state index in [9.17, 15) is 22.0 Å². The molecule has 2 atom stereocenters. The molecule has 2 bridgehead atoms. The minimum atomic E-state index is -5.89. The summed E-state index contributed by atoms with van der Waals surface area (Å²) < 4.78 is 72.2. The Hall–Kier alpha value is -1.10. The maximum absolute atomic E-state index is 13.5. The van der Waals surface area contributed by atoms with Gasteiger partial charge in [-0.2, -0.15) is 17.2 Å². The number of hydrogen-bond acceptors (Lipinski definition) is 6. The topological polar surface area (TPSA) is 99.1 Å². The number of rotatable bonds is 7. The molecule has 10 heteroatoms. The van der Waals surface area contributed by atoms with Crippen LogP contribution in [0.2, 0.25) is 0 Å². The zero-order valence-electron chi connectivity index (χ0n) is 15.0. The minimum absolute atomic E-state index is 0.0761. The lowest BCUT2D eigenvalue weighted by molar-refractivity contribution is -0.158. The first-order valence-corrected chi connectivity index (χ1v) is 9.69. The van der Waals surface area contributed by atoms with Crippen molar-refractivity contribution in [2.24, 2.45) is 17.3 Å². The van der Waals surface area contributed by atoms with E-state index in [4.69, 9.17) is 18.8 Å². The van der Waals surface area contributed by atoms with Crippen molar-refractivity contribution in [3.05, 3.63) is 11.3 Å². The van der Waals surface area contributed by atoms with Gasteiger partial charge in [-0.3, -0.25) is 4.55 Å². The van der Waals surface area contributed by atoms with Crippen molar-refractivity contribution in [3.8, 4) is 0 Å². The molecule has 3 aliphatic rings. The molecule has 2 unspecified atom stereocenters. The largest absolute Gasteiger partial charge is 0.466 e. The summed E-state index contributed by atoms with van der Waals surface area (Å²) in [7, 11) is -4.38. The monoisotopic (exact) mass is 398 g/mol. The van der Waals surface area contributed by atoms with Gasteiger partial charge in [0.2, 0.25) is 0 Å². The highest BCUT2D eigenvalue weighted by Crippen LogP contribution is 2.50. The summed E-state index contributed by atoms with van der Waals surface area (Å²) in [4.78, 5) is 11.7. The molecule has 1 fully saturated rings.